The second-order valence-corrected chi connectivity index (χ2v) is 13.1. The van der Waals surface area contributed by atoms with Crippen LogP contribution in [0.1, 0.15) is 12.5 Å². The van der Waals surface area contributed by atoms with Crippen molar-refractivity contribution in [2.24, 2.45) is 0 Å². The average Bonchev–Trinajstić information content (AvgIpc) is 3.53. The molecule has 0 aliphatic carbocycles. The van der Waals surface area contributed by atoms with Crippen LogP contribution in [-0.4, -0.2) is 4.57 Å². The van der Waals surface area contributed by atoms with Crippen molar-refractivity contribution < 1.29 is 0 Å². The summed E-state index contributed by atoms with van der Waals surface area (Å²) < 4.78 is 2.51. The Morgan fingerprint density at radius 1 is 0.408 bits per heavy atom. The zero-order valence-corrected chi connectivity index (χ0v) is 27.3. The van der Waals surface area contributed by atoms with Crippen LogP contribution < -0.4 is 0 Å². The number of aromatic nitrogens is 1. The Kier molecular flexibility index (Phi) is 6.22. The van der Waals surface area contributed by atoms with Crippen molar-refractivity contribution in [3.8, 4) is 27.9 Å². The molecule has 1 heteroatoms. The Morgan fingerprint density at radius 2 is 0.918 bits per heavy atom. The number of nitrogens with zero attached hydrogens (tertiary/aromatic N) is 1. The number of hydrogen-bond acceptors (Lipinski definition) is 0. The Bertz CT molecular complexity index is 2830. The van der Waals surface area contributed by atoms with Gasteiger partial charge in [-0.05, 0) is 90.1 Å². The van der Waals surface area contributed by atoms with Gasteiger partial charge in [-0.15, -0.1) is 0 Å². The largest absolute Gasteiger partial charge is 0.309 e. The molecule has 9 aromatic carbocycles. The van der Waals surface area contributed by atoms with E-state index in [2.05, 4.69) is 181 Å². The van der Waals surface area contributed by atoms with Crippen LogP contribution in [0.3, 0.4) is 0 Å². The number of hydrogen-bond donors (Lipinski definition) is 0. The van der Waals surface area contributed by atoms with Crippen molar-refractivity contribution in [2.75, 3.05) is 0 Å². The molecule has 49 heavy (non-hydrogen) atoms. The molecule has 10 aromatic rings. The van der Waals surface area contributed by atoms with Gasteiger partial charge in [-0.3, -0.25) is 0 Å². The molecular formula is C48H33N. The normalized spacial score (nSPS) is 11.9. The van der Waals surface area contributed by atoms with Gasteiger partial charge in [-0.1, -0.05) is 159 Å². The van der Waals surface area contributed by atoms with E-state index in [0.29, 0.717) is 0 Å². The van der Waals surface area contributed by atoms with Crippen molar-refractivity contribution in [3.63, 3.8) is 0 Å². The maximum Gasteiger partial charge on any atom is 0.0622 e. The third-order valence-electron chi connectivity index (χ3n) is 10.5. The summed E-state index contributed by atoms with van der Waals surface area (Å²) in [5.41, 5.74) is 10.1. The summed E-state index contributed by atoms with van der Waals surface area (Å²) in [5.74, 6) is 0. The highest BCUT2D eigenvalue weighted by molar-refractivity contribution is 6.27. The predicted molar refractivity (Wildman–Crippen MR) is 211 cm³/mol. The molecule has 0 fully saturated rings. The van der Waals surface area contributed by atoms with E-state index in [9.17, 15) is 0 Å². The number of aryl methyl sites for hydroxylation is 1. The number of fused-ring (bicyclic) bond motifs is 9. The van der Waals surface area contributed by atoms with Crippen LogP contribution in [0.5, 0.6) is 0 Å². The summed E-state index contributed by atoms with van der Waals surface area (Å²) in [6, 6.07) is 62.6. The molecule has 0 unspecified atom stereocenters. The van der Waals surface area contributed by atoms with Gasteiger partial charge in [-0.25, -0.2) is 0 Å². The first-order valence-electron chi connectivity index (χ1n) is 17.3. The lowest BCUT2D eigenvalue weighted by Crippen LogP contribution is -1.96. The lowest BCUT2D eigenvalue weighted by molar-refractivity contribution is 1.16. The van der Waals surface area contributed by atoms with E-state index in [-0.39, 0.29) is 0 Å². The molecular weight excluding hydrogens is 591 g/mol. The van der Waals surface area contributed by atoms with Gasteiger partial charge in [0, 0.05) is 21.8 Å². The fourth-order valence-corrected chi connectivity index (χ4v) is 8.41. The summed E-state index contributed by atoms with van der Waals surface area (Å²) >= 11 is 0. The molecule has 0 saturated carbocycles. The number of rotatable bonds is 4. The van der Waals surface area contributed by atoms with Crippen LogP contribution in [0.25, 0.3) is 92.8 Å². The van der Waals surface area contributed by atoms with Crippen molar-refractivity contribution in [1.29, 1.82) is 0 Å². The standard InChI is InChI=1S/C48H33N/c1-2-31-30-35-17-7-9-19-38(35)48-46(31)47-37-18-8-6-14-32(37)26-29-43(47)49(48)36-27-24-34(25-28-36)45-41-22-12-10-20-39(41)44(33-15-4-3-5-16-33)40-21-11-13-23-42(40)45/h3-30H,2H2,1H3. The second-order valence-electron chi connectivity index (χ2n) is 13.1. The molecule has 0 bridgehead atoms. The van der Waals surface area contributed by atoms with E-state index >= 15 is 0 Å². The molecule has 1 aromatic heterocycles. The van der Waals surface area contributed by atoms with Gasteiger partial charge in [0.25, 0.3) is 0 Å². The third-order valence-corrected chi connectivity index (χ3v) is 10.5. The zero-order chi connectivity index (χ0) is 32.5. The fraction of sp³-hybridized carbons (Fsp3) is 0.0417. The quantitative estimate of drug-likeness (QED) is 0.172. The van der Waals surface area contributed by atoms with E-state index in [1.807, 2.05) is 0 Å². The van der Waals surface area contributed by atoms with E-state index in [1.165, 1.54) is 98.4 Å². The topological polar surface area (TPSA) is 4.93 Å². The van der Waals surface area contributed by atoms with Crippen LogP contribution in [0.2, 0.25) is 0 Å². The third kappa shape index (κ3) is 4.12. The van der Waals surface area contributed by atoms with Gasteiger partial charge >= 0.3 is 0 Å². The molecule has 0 N–H and O–H groups in total. The lowest BCUT2D eigenvalue weighted by Gasteiger charge is -2.18. The lowest BCUT2D eigenvalue weighted by atomic mass is 9.86. The first-order chi connectivity index (χ1) is 24.3. The first-order valence-corrected chi connectivity index (χ1v) is 17.3. The second kappa shape index (κ2) is 10.9. The molecule has 1 heterocycles. The Balaban J connectivity index is 1.27. The van der Waals surface area contributed by atoms with Gasteiger partial charge < -0.3 is 4.57 Å². The van der Waals surface area contributed by atoms with Gasteiger partial charge in [0.15, 0.2) is 0 Å². The fourth-order valence-electron chi connectivity index (χ4n) is 8.41. The van der Waals surface area contributed by atoms with Crippen LogP contribution >= 0.6 is 0 Å². The Morgan fingerprint density at radius 3 is 1.53 bits per heavy atom. The predicted octanol–water partition coefficient (Wildman–Crippen LogP) is 13.3. The van der Waals surface area contributed by atoms with E-state index in [4.69, 9.17) is 0 Å². The Hall–Kier alpha value is -6.18. The van der Waals surface area contributed by atoms with Crippen molar-refractivity contribution >= 4 is 64.9 Å². The number of benzene rings is 9. The smallest absolute Gasteiger partial charge is 0.0622 e. The summed E-state index contributed by atoms with van der Waals surface area (Å²) in [7, 11) is 0. The van der Waals surface area contributed by atoms with Crippen molar-refractivity contribution in [1.82, 2.24) is 4.57 Å². The molecule has 10 rings (SSSR count). The monoisotopic (exact) mass is 623 g/mol. The minimum Gasteiger partial charge on any atom is -0.309 e. The SMILES string of the molecule is CCc1cc2ccccc2c2c1c1c3ccccc3ccc1n2-c1ccc(-c2c3ccccc3c(-c3ccccc3)c3ccccc23)cc1. The molecule has 0 aliphatic rings. The summed E-state index contributed by atoms with van der Waals surface area (Å²) in [6.45, 7) is 2.28. The highest BCUT2D eigenvalue weighted by Crippen LogP contribution is 2.45. The van der Waals surface area contributed by atoms with Crippen LogP contribution in [0.4, 0.5) is 0 Å². The molecule has 0 atom stereocenters. The van der Waals surface area contributed by atoms with Crippen LogP contribution in [0, 0.1) is 0 Å². The van der Waals surface area contributed by atoms with Gasteiger partial charge in [0.1, 0.15) is 0 Å². The van der Waals surface area contributed by atoms with Crippen LogP contribution in [0.15, 0.2) is 170 Å². The average molecular weight is 624 g/mol. The summed E-state index contributed by atoms with van der Waals surface area (Å²) in [6.07, 6.45) is 0.974. The highest BCUT2D eigenvalue weighted by Gasteiger charge is 2.21. The zero-order valence-electron chi connectivity index (χ0n) is 27.3. The van der Waals surface area contributed by atoms with Gasteiger partial charge in [-0.2, -0.15) is 0 Å². The molecule has 1 nitrogen and oxygen atoms in total. The molecule has 0 aliphatic heterocycles. The van der Waals surface area contributed by atoms with Crippen molar-refractivity contribution in [3.05, 3.63) is 175 Å². The maximum atomic E-state index is 2.51. The molecule has 0 saturated heterocycles. The molecule has 230 valence electrons. The van der Waals surface area contributed by atoms with Crippen LogP contribution in [-0.2, 0) is 6.42 Å². The highest BCUT2D eigenvalue weighted by atomic mass is 15.0. The maximum absolute atomic E-state index is 2.51. The molecule has 0 radical (unpaired) electrons. The Labute approximate surface area is 285 Å². The molecule has 0 amide bonds. The minimum absolute atomic E-state index is 0.974. The van der Waals surface area contributed by atoms with Crippen molar-refractivity contribution in [2.45, 2.75) is 13.3 Å². The molecule has 0 spiro atoms. The summed E-state index contributed by atoms with van der Waals surface area (Å²) in [4.78, 5) is 0. The van der Waals surface area contributed by atoms with E-state index in [1.54, 1.807) is 0 Å². The first kappa shape index (κ1) is 27.9. The summed E-state index contributed by atoms with van der Waals surface area (Å²) in [5, 5.41) is 13.0. The van der Waals surface area contributed by atoms with Gasteiger partial charge in [0.05, 0.1) is 11.0 Å². The van der Waals surface area contributed by atoms with E-state index in [0.717, 1.165) is 6.42 Å². The minimum atomic E-state index is 0.974. The van der Waals surface area contributed by atoms with E-state index < -0.39 is 0 Å². The van der Waals surface area contributed by atoms with Gasteiger partial charge in [0.2, 0.25) is 0 Å².